The second-order valence-electron chi connectivity index (χ2n) is 6.61. The lowest BCUT2D eigenvalue weighted by Crippen LogP contribution is -1.99. The Morgan fingerprint density at radius 2 is 1.88 bits per heavy atom. The maximum atomic E-state index is 5.83. The second-order valence-corrected chi connectivity index (χ2v) is 7.47. The van der Waals surface area contributed by atoms with Crippen molar-refractivity contribution in [1.82, 2.24) is 24.7 Å². The molecule has 0 radical (unpaired) electrons. The molecule has 1 N–H and O–H groups in total. The topological polar surface area (TPSA) is 90.1 Å². The maximum absolute atomic E-state index is 5.83. The summed E-state index contributed by atoms with van der Waals surface area (Å²) in [5, 5.41) is 11.2. The van der Waals surface area contributed by atoms with Crippen molar-refractivity contribution in [3.05, 3.63) is 96.4 Å². The Bertz CT molecular complexity index is 1320. The molecule has 0 fully saturated rings. The molecule has 0 spiro atoms. The van der Waals surface area contributed by atoms with Gasteiger partial charge in [-0.15, -0.1) is 11.3 Å². The summed E-state index contributed by atoms with van der Waals surface area (Å²) in [6.45, 7) is 0. The van der Waals surface area contributed by atoms with E-state index in [1.54, 1.807) is 23.2 Å². The molecule has 0 amide bonds. The fraction of sp³-hybridized carbons (Fsp3) is 0. The van der Waals surface area contributed by atoms with Gasteiger partial charge in [0, 0.05) is 29.4 Å². The summed E-state index contributed by atoms with van der Waals surface area (Å²) in [7, 11) is 0. The number of ether oxygens (including phenoxy) is 1. The van der Waals surface area contributed by atoms with Crippen molar-refractivity contribution >= 4 is 22.7 Å². The number of nitrogens with zero attached hydrogens (tertiary/aromatic N) is 6. The quantitative estimate of drug-likeness (QED) is 0.283. The SMILES string of the molecule is C(=NNc1nc(-c2ccccc2)cs1)c1ccc(Oc2cc(-n3cccn3)ncn2)cc1. The monoisotopic (exact) mass is 439 g/mol. The van der Waals surface area contributed by atoms with E-state index in [1.807, 2.05) is 72.2 Å². The minimum Gasteiger partial charge on any atom is -0.439 e. The van der Waals surface area contributed by atoms with Crippen LogP contribution in [-0.4, -0.2) is 30.9 Å². The molecule has 0 bridgehead atoms. The molecule has 3 aromatic heterocycles. The van der Waals surface area contributed by atoms with Gasteiger partial charge in [0.05, 0.1) is 11.9 Å². The van der Waals surface area contributed by atoms with Gasteiger partial charge < -0.3 is 4.74 Å². The van der Waals surface area contributed by atoms with Gasteiger partial charge in [-0.3, -0.25) is 5.43 Å². The van der Waals surface area contributed by atoms with Gasteiger partial charge in [-0.05, 0) is 35.9 Å². The van der Waals surface area contributed by atoms with E-state index in [4.69, 9.17) is 4.74 Å². The third kappa shape index (κ3) is 4.68. The van der Waals surface area contributed by atoms with Crippen molar-refractivity contribution in [2.75, 3.05) is 5.43 Å². The summed E-state index contributed by atoms with van der Waals surface area (Å²) in [6, 6.07) is 21.1. The van der Waals surface area contributed by atoms with Crippen LogP contribution in [0.1, 0.15) is 5.56 Å². The highest BCUT2D eigenvalue weighted by molar-refractivity contribution is 7.14. The number of hydrazone groups is 1. The molecule has 156 valence electrons. The van der Waals surface area contributed by atoms with Crippen molar-refractivity contribution in [2.24, 2.45) is 5.10 Å². The largest absolute Gasteiger partial charge is 0.439 e. The van der Waals surface area contributed by atoms with Crippen LogP contribution in [0.2, 0.25) is 0 Å². The Morgan fingerprint density at radius 1 is 1.00 bits per heavy atom. The normalized spacial score (nSPS) is 11.0. The van der Waals surface area contributed by atoms with Crippen LogP contribution in [0.4, 0.5) is 5.13 Å². The fourth-order valence-corrected chi connectivity index (χ4v) is 3.56. The van der Waals surface area contributed by atoms with Gasteiger partial charge in [0.15, 0.2) is 5.82 Å². The Hall–Kier alpha value is -4.37. The standard InChI is InChI=1S/C23H17N7OS/c1-2-5-18(6-3-1)20-15-32-23(28-20)29-26-14-17-7-9-19(10-8-17)31-22-13-21(24-16-25-22)30-12-4-11-27-30/h1-16H,(H,28,29). The molecule has 5 rings (SSSR count). The molecule has 0 saturated heterocycles. The summed E-state index contributed by atoms with van der Waals surface area (Å²) < 4.78 is 7.48. The number of hydrogen-bond acceptors (Lipinski definition) is 8. The van der Waals surface area contributed by atoms with E-state index >= 15 is 0 Å². The molecule has 32 heavy (non-hydrogen) atoms. The summed E-state index contributed by atoms with van der Waals surface area (Å²) in [6.07, 6.45) is 6.67. The highest BCUT2D eigenvalue weighted by Gasteiger charge is 2.05. The molecule has 3 heterocycles. The van der Waals surface area contributed by atoms with Crippen LogP contribution in [0.5, 0.6) is 11.6 Å². The predicted octanol–water partition coefficient (Wildman–Crippen LogP) is 5.02. The van der Waals surface area contributed by atoms with Crippen LogP contribution >= 0.6 is 11.3 Å². The molecule has 0 aliphatic rings. The van der Waals surface area contributed by atoms with Gasteiger partial charge in [-0.2, -0.15) is 10.2 Å². The number of aromatic nitrogens is 5. The Labute approximate surface area is 187 Å². The molecule has 0 aliphatic carbocycles. The van der Waals surface area contributed by atoms with E-state index in [2.05, 4.69) is 30.6 Å². The molecule has 2 aromatic carbocycles. The Balaban J connectivity index is 1.20. The smallest absolute Gasteiger partial charge is 0.224 e. The van der Waals surface area contributed by atoms with Crippen LogP contribution < -0.4 is 10.2 Å². The number of rotatable bonds is 7. The zero-order valence-corrected chi connectivity index (χ0v) is 17.6. The van der Waals surface area contributed by atoms with Crippen LogP contribution in [-0.2, 0) is 0 Å². The zero-order chi connectivity index (χ0) is 21.6. The molecular weight excluding hydrogens is 422 g/mol. The third-order valence-corrected chi connectivity index (χ3v) is 5.16. The van der Waals surface area contributed by atoms with Gasteiger partial charge >= 0.3 is 0 Å². The predicted molar refractivity (Wildman–Crippen MR) is 124 cm³/mol. The first-order chi connectivity index (χ1) is 15.8. The van der Waals surface area contributed by atoms with Gasteiger partial charge in [-0.1, -0.05) is 30.3 Å². The van der Waals surface area contributed by atoms with Gasteiger partial charge in [0.25, 0.3) is 0 Å². The number of hydrogen-bond donors (Lipinski definition) is 1. The number of nitrogens with one attached hydrogen (secondary N) is 1. The lowest BCUT2D eigenvalue weighted by Gasteiger charge is -2.06. The van der Waals surface area contributed by atoms with Crippen LogP contribution in [0.3, 0.4) is 0 Å². The minimum absolute atomic E-state index is 0.437. The molecule has 5 aromatic rings. The number of anilines is 1. The van der Waals surface area contributed by atoms with E-state index < -0.39 is 0 Å². The number of benzene rings is 2. The fourth-order valence-electron chi connectivity index (χ4n) is 2.89. The Morgan fingerprint density at radius 3 is 2.69 bits per heavy atom. The summed E-state index contributed by atoms with van der Waals surface area (Å²) >= 11 is 1.51. The lowest BCUT2D eigenvalue weighted by atomic mass is 10.2. The summed E-state index contributed by atoms with van der Waals surface area (Å²) in [4.78, 5) is 12.9. The summed E-state index contributed by atoms with van der Waals surface area (Å²) in [5.74, 6) is 1.73. The first-order valence-corrected chi connectivity index (χ1v) is 10.6. The van der Waals surface area contributed by atoms with Crippen LogP contribution in [0.15, 0.2) is 95.9 Å². The first kappa shape index (κ1) is 19.6. The average Bonchev–Trinajstić information content (AvgIpc) is 3.54. The van der Waals surface area contributed by atoms with Crippen LogP contribution in [0, 0.1) is 0 Å². The van der Waals surface area contributed by atoms with Crippen molar-refractivity contribution in [1.29, 1.82) is 0 Å². The number of thiazole rings is 1. The van der Waals surface area contributed by atoms with E-state index in [-0.39, 0.29) is 0 Å². The third-order valence-electron chi connectivity index (χ3n) is 4.42. The molecule has 0 saturated carbocycles. The Kier molecular flexibility index (Phi) is 5.62. The van der Waals surface area contributed by atoms with Gasteiger partial charge in [-0.25, -0.2) is 19.6 Å². The van der Waals surface area contributed by atoms with Gasteiger partial charge in [0.2, 0.25) is 11.0 Å². The van der Waals surface area contributed by atoms with Crippen molar-refractivity contribution in [3.63, 3.8) is 0 Å². The second kappa shape index (κ2) is 9.19. The van der Waals surface area contributed by atoms with E-state index in [0.29, 0.717) is 17.4 Å². The van der Waals surface area contributed by atoms with E-state index in [1.165, 1.54) is 17.7 Å². The van der Waals surface area contributed by atoms with Crippen molar-refractivity contribution in [3.8, 4) is 28.7 Å². The van der Waals surface area contributed by atoms with E-state index in [9.17, 15) is 0 Å². The van der Waals surface area contributed by atoms with Crippen LogP contribution in [0.25, 0.3) is 17.1 Å². The highest BCUT2D eigenvalue weighted by Crippen LogP contribution is 2.24. The summed E-state index contributed by atoms with van der Waals surface area (Å²) in [5.41, 5.74) is 5.91. The highest BCUT2D eigenvalue weighted by atomic mass is 32.1. The van der Waals surface area contributed by atoms with Gasteiger partial charge in [0.1, 0.15) is 12.1 Å². The lowest BCUT2D eigenvalue weighted by molar-refractivity contribution is 0.460. The zero-order valence-electron chi connectivity index (χ0n) is 16.7. The maximum Gasteiger partial charge on any atom is 0.224 e. The van der Waals surface area contributed by atoms with Crippen molar-refractivity contribution < 1.29 is 4.74 Å². The first-order valence-electron chi connectivity index (χ1n) is 9.73. The molecule has 8 nitrogen and oxygen atoms in total. The molecule has 0 aliphatic heterocycles. The minimum atomic E-state index is 0.437. The molecule has 0 unspecified atom stereocenters. The molecule has 0 atom stereocenters. The van der Waals surface area contributed by atoms with E-state index in [0.717, 1.165) is 22.0 Å². The molecular formula is C23H17N7OS. The van der Waals surface area contributed by atoms with Crippen molar-refractivity contribution in [2.45, 2.75) is 0 Å². The molecule has 9 heteroatoms. The average molecular weight is 440 g/mol.